The molecule has 51 heavy (non-hydrogen) atoms. The molecule has 0 bridgehead atoms. The number of amides is 1. The summed E-state index contributed by atoms with van der Waals surface area (Å²) in [6.07, 6.45) is 0. The van der Waals surface area contributed by atoms with Crippen molar-refractivity contribution < 1.29 is 36.3 Å². The lowest BCUT2D eigenvalue weighted by molar-refractivity contribution is -0.118. The van der Waals surface area contributed by atoms with E-state index in [0.717, 1.165) is 16.7 Å². The van der Waals surface area contributed by atoms with E-state index >= 15 is 0 Å². The van der Waals surface area contributed by atoms with Gasteiger partial charge in [-0.05, 0) is 76.5 Å². The van der Waals surface area contributed by atoms with Gasteiger partial charge in [-0.3, -0.25) is 4.79 Å². The molecule has 0 atom stereocenters. The molecular weight excluding hydrogens is 707 g/mol. The third-order valence-corrected chi connectivity index (χ3v) is 9.20. The second-order valence-corrected chi connectivity index (χ2v) is 13.4. The van der Waals surface area contributed by atoms with Gasteiger partial charge in [0, 0.05) is 17.3 Å². The average molecular weight is 739 g/mol. The predicted octanol–water partition coefficient (Wildman–Crippen LogP) is 10.3. The highest BCUT2D eigenvalue weighted by Crippen LogP contribution is 2.34. The first-order valence-electron chi connectivity index (χ1n) is 15.8. The number of hydrogen-bond acceptors (Lipinski definition) is 5. The zero-order valence-electron chi connectivity index (χ0n) is 27.5. The zero-order valence-corrected chi connectivity index (χ0v) is 29.1. The number of esters is 1. The van der Waals surface area contributed by atoms with Crippen LogP contribution in [0.3, 0.4) is 0 Å². The monoisotopic (exact) mass is 738 g/mol. The molecule has 0 aliphatic heterocycles. The number of carbonyl (C=O) groups excluding carboxylic acids is 2. The molecule has 0 unspecified atom stereocenters. The summed E-state index contributed by atoms with van der Waals surface area (Å²) < 4.78 is 78.5. The van der Waals surface area contributed by atoms with E-state index in [4.69, 9.17) is 16.3 Å². The summed E-state index contributed by atoms with van der Waals surface area (Å²) >= 11 is 6.25. The molecule has 0 aliphatic rings. The number of hydrogen-bond donors (Lipinski definition) is 0. The summed E-state index contributed by atoms with van der Waals surface area (Å²) in [6, 6.07) is 29.3. The summed E-state index contributed by atoms with van der Waals surface area (Å²) in [6.45, 7) is 3.59. The van der Waals surface area contributed by atoms with Crippen molar-refractivity contribution in [2.75, 3.05) is 11.4 Å². The molecule has 0 saturated carbocycles. The molecule has 5 nitrogen and oxygen atoms in total. The zero-order chi connectivity index (χ0) is 36.7. The van der Waals surface area contributed by atoms with Gasteiger partial charge in [-0.1, -0.05) is 92.2 Å². The topological polar surface area (TPSA) is 49.9 Å². The van der Waals surface area contributed by atoms with E-state index in [2.05, 4.69) is 13.8 Å². The minimum atomic E-state index is -2.28. The van der Waals surface area contributed by atoms with Crippen LogP contribution in [0.15, 0.2) is 108 Å². The van der Waals surface area contributed by atoms with Crippen LogP contribution >= 0.6 is 23.5 Å². The molecule has 5 aromatic rings. The maximum atomic E-state index is 14.8. The number of ether oxygens (including phenoxy) is 1. The van der Waals surface area contributed by atoms with Crippen molar-refractivity contribution in [2.45, 2.75) is 44.4 Å². The number of carbonyl (C=O) groups is 2. The molecule has 0 heterocycles. The van der Waals surface area contributed by atoms with Gasteiger partial charge in [0.15, 0.2) is 23.3 Å². The van der Waals surface area contributed by atoms with Crippen LogP contribution in [-0.2, 0) is 29.2 Å². The fraction of sp³-hybridized carbons (Fsp3) is 0.179. The first-order chi connectivity index (χ1) is 24.4. The van der Waals surface area contributed by atoms with Crippen LogP contribution in [-0.4, -0.2) is 22.7 Å². The normalized spacial score (nSPS) is 11.3. The van der Waals surface area contributed by atoms with Gasteiger partial charge in [0.05, 0.1) is 18.7 Å². The van der Waals surface area contributed by atoms with Crippen molar-refractivity contribution in [2.24, 2.45) is 0 Å². The lowest BCUT2D eigenvalue weighted by Crippen LogP contribution is -2.38. The highest BCUT2D eigenvalue weighted by molar-refractivity contribution is 7.97. The summed E-state index contributed by atoms with van der Waals surface area (Å²) in [5.74, 6) is -11.4. The van der Waals surface area contributed by atoms with Gasteiger partial charge in [-0.2, -0.15) is 0 Å². The van der Waals surface area contributed by atoms with Gasteiger partial charge in [0.25, 0.3) is 0 Å². The molecule has 0 N–H and O–H groups in total. The molecule has 12 heteroatoms. The van der Waals surface area contributed by atoms with Gasteiger partial charge in [0.2, 0.25) is 11.7 Å². The van der Waals surface area contributed by atoms with E-state index in [-0.39, 0.29) is 43.1 Å². The molecule has 0 aromatic heterocycles. The third-order valence-electron chi connectivity index (χ3n) is 7.89. The lowest BCUT2D eigenvalue weighted by Gasteiger charge is -2.28. The van der Waals surface area contributed by atoms with Crippen molar-refractivity contribution >= 4 is 41.1 Å². The van der Waals surface area contributed by atoms with E-state index in [1.807, 2.05) is 54.6 Å². The Morgan fingerprint density at radius 1 is 0.686 bits per heavy atom. The molecule has 0 fully saturated rings. The minimum Gasteiger partial charge on any atom is -0.457 e. The number of anilines is 1. The van der Waals surface area contributed by atoms with Crippen molar-refractivity contribution in [3.63, 3.8) is 0 Å². The molecular formula is C39H32ClF5N2O3S. The van der Waals surface area contributed by atoms with Crippen LogP contribution in [0.5, 0.6) is 0 Å². The first kappa shape index (κ1) is 37.5. The Morgan fingerprint density at radius 3 is 1.82 bits per heavy atom. The Labute approximate surface area is 301 Å². The Balaban J connectivity index is 1.45. The summed E-state index contributed by atoms with van der Waals surface area (Å²) in [5, 5.41) is 0.413. The molecule has 5 rings (SSSR count). The number of rotatable bonds is 13. The molecule has 0 spiro atoms. The van der Waals surface area contributed by atoms with Crippen molar-refractivity contribution in [3.8, 4) is 0 Å². The number of nitrogens with zero attached hydrogens (tertiary/aromatic N) is 2. The van der Waals surface area contributed by atoms with Crippen LogP contribution in [0.2, 0.25) is 5.02 Å². The molecule has 0 aliphatic carbocycles. The largest absolute Gasteiger partial charge is 0.457 e. The van der Waals surface area contributed by atoms with Crippen LogP contribution < -0.4 is 4.90 Å². The van der Waals surface area contributed by atoms with Crippen molar-refractivity contribution in [1.82, 2.24) is 4.31 Å². The van der Waals surface area contributed by atoms with Crippen LogP contribution in [0.1, 0.15) is 52.4 Å². The van der Waals surface area contributed by atoms with E-state index in [1.54, 1.807) is 36.4 Å². The summed E-state index contributed by atoms with van der Waals surface area (Å²) in [5.41, 5.74) is 3.85. The Bertz CT molecular complexity index is 1950. The number of halogens is 6. The van der Waals surface area contributed by atoms with E-state index in [9.17, 15) is 31.5 Å². The Hall–Kier alpha value is -4.71. The quantitative estimate of drug-likeness (QED) is 0.0396. The SMILES string of the molecule is CC(C)c1ccc(CN(C(=O)CN(Cc2ccc(Cl)cc2)Sc2c(F)c(F)c(F)c(F)c2F)c2ccc(C(=O)OCc3ccccc3)cc2)cc1. The molecule has 5 aromatic carbocycles. The standard InChI is InChI=1S/C39H32ClF5N2O3S/c1-24(2)28-12-8-26(9-13-28)21-47(31-18-14-29(15-19-31)39(49)50-23-27-6-4-3-5-7-27)32(48)22-46(20-25-10-16-30(40)17-11-25)51-38-36(44)34(42)33(41)35(43)37(38)45/h3-19,24H,20-23H2,1-2H3. The second-order valence-electron chi connectivity index (χ2n) is 11.9. The van der Waals surface area contributed by atoms with Gasteiger partial charge >= 0.3 is 5.97 Å². The second kappa shape index (κ2) is 17.0. The smallest absolute Gasteiger partial charge is 0.338 e. The van der Waals surface area contributed by atoms with Crippen molar-refractivity contribution in [3.05, 3.63) is 165 Å². The molecule has 1 amide bonds. The van der Waals surface area contributed by atoms with Crippen LogP contribution in [0.25, 0.3) is 0 Å². The van der Waals surface area contributed by atoms with Crippen molar-refractivity contribution in [1.29, 1.82) is 0 Å². The van der Waals surface area contributed by atoms with Crippen LogP contribution in [0.4, 0.5) is 27.6 Å². The van der Waals surface area contributed by atoms with Gasteiger partial charge in [-0.25, -0.2) is 31.1 Å². The Kier molecular flexibility index (Phi) is 12.5. The Morgan fingerprint density at radius 2 is 1.24 bits per heavy atom. The maximum absolute atomic E-state index is 14.8. The minimum absolute atomic E-state index is 0.0665. The fourth-order valence-electron chi connectivity index (χ4n) is 5.04. The molecule has 0 radical (unpaired) electrons. The lowest BCUT2D eigenvalue weighted by atomic mass is 10.0. The summed E-state index contributed by atoms with van der Waals surface area (Å²) in [4.78, 5) is 27.2. The number of benzene rings is 5. The maximum Gasteiger partial charge on any atom is 0.338 e. The summed E-state index contributed by atoms with van der Waals surface area (Å²) in [7, 11) is 0. The fourth-order valence-corrected chi connectivity index (χ4v) is 6.15. The highest BCUT2D eigenvalue weighted by atomic mass is 35.5. The third kappa shape index (κ3) is 9.55. The first-order valence-corrected chi connectivity index (χ1v) is 17.0. The van der Waals surface area contributed by atoms with Crippen LogP contribution in [0, 0.1) is 29.1 Å². The van der Waals surface area contributed by atoms with E-state index in [1.165, 1.54) is 21.3 Å². The molecule has 264 valence electrons. The molecule has 0 saturated heterocycles. The van der Waals surface area contributed by atoms with Gasteiger partial charge < -0.3 is 9.64 Å². The predicted molar refractivity (Wildman–Crippen MR) is 188 cm³/mol. The highest BCUT2D eigenvalue weighted by Gasteiger charge is 2.29. The van der Waals surface area contributed by atoms with Gasteiger partial charge in [-0.15, -0.1) is 0 Å². The van der Waals surface area contributed by atoms with E-state index in [0.29, 0.717) is 16.3 Å². The average Bonchev–Trinajstić information content (AvgIpc) is 3.14. The van der Waals surface area contributed by atoms with Gasteiger partial charge in [0.1, 0.15) is 11.5 Å². The van der Waals surface area contributed by atoms with E-state index < -0.39 is 52.4 Å².